The summed E-state index contributed by atoms with van der Waals surface area (Å²) in [5.74, 6) is 0.907. The third-order valence-electron chi connectivity index (χ3n) is 2.61. The zero-order valence-electron chi connectivity index (χ0n) is 11.6. The molecular weight excluding hydrogens is 246 g/mol. The van der Waals surface area contributed by atoms with E-state index in [1.807, 2.05) is 26.0 Å². The Kier molecular flexibility index (Phi) is 5.70. The fourth-order valence-corrected chi connectivity index (χ4v) is 2.03. The van der Waals surface area contributed by atoms with E-state index < -0.39 is 0 Å². The van der Waals surface area contributed by atoms with Gasteiger partial charge in [0.15, 0.2) is 0 Å². The Morgan fingerprint density at radius 2 is 1.89 bits per heavy atom. The summed E-state index contributed by atoms with van der Waals surface area (Å²) in [6, 6.07) is 4.29. The minimum absolute atomic E-state index is 0.459. The Balaban J connectivity index is 2.56. The summed E-state index contributed by atoms with van der Waals surface area (Å²) in [5, 5.41) is 4.07. The highest BCUT2D eigenvalue weighted by Crippen LogP contribution is 2.27. The van der Waals surface area contributed by atoms with Gasteiger partial charge in [0.2, 0.25) is 0 Å². The van der Waals surface area contributed by atoms with E-state index in [0.29, 0.717) is 12.6 Å². The number of benzene rings is 1. The first-order chi connectivity index (χ1) is 8.40. The van der Waals surface area contributed by atoms with Crippen molar-refractivity contribution in [2.75, 3.05) is 13.2 Å². The maximum atomic E-state index is 5.99. The molecule has 1 aromatic rings. The van der Waals surface area contributed by atoms with E-state index in [2.05, 4.69) is 25.7 Å². The predicted molar refractivity (Wildman–Crippen MR) is 78.7 cm³/mol. The van der Waals surface area contributed by atoms with E-state index >= 15 is 0 Å². The van der Waals surface area contributed by atoms with E-state index in [0.717, 1.165) is 34.0 Å². The highest BCUT2D eigenvalue weighted by molar-refractivity contribution is 6.30. The lowest BCUT2D eigenvalue weighted by molar-refractivity contribution is 0.342. The van der Waals surface area contributed by atoms with Crippen LogP contribution in [0.15, 0.2) is 24.3 Å². The summed E-state index contributed by atoms with van der Waals surface area (Å²) in [6.45, 7) is 13.5. The molecule has 18 heavy (non-hydrogen) atoms. The molecule has 0 aliphatic heterocycles. The van der Waals surface area contributed by atoms with Gasteiger partial charge >= 0.3 is 0 Å². The Hall–Kier alpha value is -0.990. The molecule has 0 saturated heterocycles. The van der Waals surface area contributed by atoms with Crippen molar-refractivity contribution in [1.29, 1.82) is 0 Å². The standard InChI is InChI=1S/C15H22ClNO/c1-10(2)17-8-11(3)9-18-15-12(4)6-14(16)7-13(15)5/h6-7,10,17H,3,8-9H2,1-2,4-5H3. The SMILES string of the molecule is C=C(CNC(C)C)COc1c(C)cc(Cl)cc1C. The zero-order chi connectivity index (χ0) is 13.7. The van der Waals surface area contributed by atoms with Gasteiger partial charge in [-0.2, -0.15) is 0 Å². The molecule has 0 aliphatic rings. The monoisotopic (exact) mass is 267 g/mol. The quantitative estimate of drug-likeness (QED) is 0.790. The molecule has 1 rings (SSSR count). The van der Waals surface area contributed by atoms with Crippen LogP contribution in [0.1, 0.15) is 25.0 Å². The van der Waals surface area contributed by atoms with Crippen LogP contribution < -0.4 is 10.1 Å². The molecule has 1 N–H and O–H groups in total. The largest absolute Gasteiger partial charge is 0.489 e. The van der Waals surface area contributed by atoms with Crippen LogP contribution in [-0.4, -0.2) is 19.2 Å². The van der Waals surface area contributed by atoms with Crippen LogP contribution in [0.4, 0.5) is 0 Å². The summed E-state index contributed by atoms with van der Waals surface area (Å²) in [7, 11) is 0. The van der Waals surface area contributed by atoms with Crippen molar-refractivity contribution in [1.82, 2.24) is 5.32 Å². The fourth-order valence-electron chi connectivity index (χ4n) is 1.70. The first-order valence-corrected chi connectivity index (χ1v) is 6.57. The molecule has 0 amide bonds. The molecule has 1 aromatic carbocycles. The molecule has 0 fully saturated rings. The molecule has 0 bridgehead atoms. The number of halogens is 1. The summed E-state index contributed by atoms with van der Waals surface area (Å²) in [5.41, 5.74) is 3.16. The maximum Gasteiger partial charge on any atom is 0.125 e. The van der Waals surface area contributed by atoms with Crippen molar-refractivity contribution in [3.63, 3.8) is 0 Å². The first-order valence-electron chi connectivity index (χ1n) is 6.19. The smallest absolute Gasteiger partial charge is 0.125 e. The minimum Gasteiger partial charge on any atom is -0.489 e. The lowest BCUT2D eigenvalue weighted by atomic mass is 10.1. The van der Waals surface area contributed by atoms with E-state index in [1.54, 1.807) is 0 Å². The van der Waals surface area contributed by atoms with Gasteiger partial charge in [-0.25, -0.2) is 0 Å². The number of aryl methyl sites for hydroxylation is 2. The molecule has 0 heterocycles. The van der Waals surface area contributed by atoms with Crippen LogP contribution >= 0.6 is 11.6 Å². The van der Waals surface area contributed by atoms with Crippen LogP contribution in [0.2, 0.25) is 5.02 Å². The third kappa shape index (κ3) is 4.71. The van der Waals surface area contributed by atoms with Gasteiger partial charge in [0.25, 0.3) is 0 Å². The van der Waals surface area contributed by atoms with Gasteiger partial charge < -0.3 is 10.1 Å². The Morgan fingerprint density at radius 1 is 1.33 bits per heavy atom. The number of hydrogen-bond donors (Lipinski definition) is 1. The molecular formula is C15H22ClNO. The average molecular weight is 268 g/mol. The van der Waals surface area contributed by atoms with Crippen LogP contribution in [0, 0.1) is 13.8 Å². The van der Waals surface area contributed by atoms with Crippen molar-refractivity contribution in [2.45, 2.75) is 33.7 Å². The zero-order valence-corrected chi connectivity index (χ0v) is 12.4. The molecule has 0 aliphatic carbocycles. The molecule has 3 heteroatoms. The van der Waals surface area contributed by atoms with Crippen molar-refractivity contribution in [2.24, 2.45) is 0 Å². The normalized spacial score (nSPS) is 10.8. The third-order valence-corrected chi connectivity index (χ3v) is 2.82. The molecule has 0 unspecified atom stereocenters. The summed E-state index contributed by atoms with van der Waals surface area (Å²) >= 11 is 5.99. The first kappa shape index (κ1) is 15.1. The van der Waals surface area contributed by atoms with Gasteiger partial charge in [0, 0.05) is 17.6 Å². The van der Waals surface area contributed by atoms with E-state index in [-0.39, 0.29) is 0 Å². The van der Waals surface area contributed by atoms with Gasteiger partial charge in [0.05, 0.1) is 0 Å². The molecule has 0 saturated carbocycles. The van der Waals surface area contributed by atoms with Gasteiger partial charge in [-0.05, 0) is 42.7 Å². The van der Waals surface area contributed by atoms with Gasteiger partial charge in [-0.3, -0.25) is 0 Å². The molecule has 0 spiro atoms. The molecule has 2 nitrogen and oxygen atoms in total. The second-order valence-electron chi connectivity index (χ2n) is 4.94. The lowest BCUT2D eigenvalue weighted by Crippen LogP contribution is -2.26. The average Bonchev–Trinajstić information content (AvgIpc) is 2.24. The van der Waals surface area contributed by atoms with Crippen LogP contribution in [0.3, 0.4) is 0 Å². The molecule has 0 radical (unpaired) electrons. The number of ether oxygens (including phenoxy) is 1. The minimum atomic E-state index is 0.459. The van der Waals surface area contributed by atoms with Crippen molar-refractivity contribution >= 4 is 11.6 Å². The predicted octanol–water partition coefficient (Wildman–Crippen LogP) is 3.89. The second-order valence-corrected chi connectivity index (χ2v) is 5.38. The topological polar surface area (TPSA) is 21.3 Å². The van der Waals surface area contributed by atoms with Crippen molar-refractivity contribution < 1.29 is 4.74 Å². The van der Waals surface area contributed by atoms with Gasteiger partial charge in [-0.15, -0.1) is 0 Å². The number of nitrogens with one attached hydrogen (secondary N) is 1. The Bertz CT molecular complexity index is 403. The molecule has 100 valence electrons. The molecule has 0 atom stereocenters. The number of rotatable bonds is 6. The molecule has 0 aromatic heterocycles. The second kappa shape index (κ2) is 6.81. The van der Waals surface area contributed by atoms with Crippen LogP contribution in [0.25, 0.3) is 0 Å². The van der Waals surface area contributed by atoms with E-state index in [1.165, 1.54) is 0 Å². The maximum absolute atomic E-state index is 5.99. The summed E-state index contributed by atoms with van der Waals surface area (Å²) < 4.78 is 5.82. The highest BCUT2D eigenvalue weighted by Gasteiger charge is 2.06. The Labute approximate surface area is 115 Å². The van der Waals surface area contributed by atoms with Gasteiger partial charge in [0.1, 0.15) is 12.4 Å². The number of hydrogen-bond acceptors (Lipinski definition) is 2. The van der Waals surface area contributed by atoms with Crippen molar-refractivity contribution in [3.05, 3.63) is 40.4 Å². The fraction of sp³-hybridized carbons (Fsp3) is 0.467. The Morgan fingerprint density at radius 3 is 2.39 bits per heavy atom. The van der Waals surface area contributed by atoms with E-state index in [9.17, 15) is 0 Å². The summed E-state index contributed by atoms with van der Waals surface area (Å²) in [6.07, 6.45) is 0. The van der Waals surface area contributed by atoms with Crippen LogP contribution in [0.5, 0.6) is 5.75 Å². The van der Waals surface area contributed by atoms with E-state index in [4.69, 9.17) is 16.3 Å². The summed E-state index contributed by atoms with van der Waals surface area (Å²) in [4.78, 5) is 0. The van der Waals surface area contributed by atoms with Crippen molar-refractivity contribution in [3.8, 4) is 5.75 Å². The lowest BCUT2D eigenvalue weighted by Gasteiger charge is -2.15. The van der Waals surface area contributed by atoms with Crippen LogP contribution in [-0.2, 0) is 0 Å². The van der Waals surface area contributed by atoms with Gasteiger partial charge in [-0.1, -0.05) is 32.0 Å². The highest BCUT2D eigenvalue weighted by atomic mass is 35.5.